The molecule has 0 N–H and O–H groups in total. The molecule has 2 saturated heterocycles. The summed E-state index contributed by atoms with van der Waals surface area (Å²) in [6.07, 6.45) is 5.72. The van der Waals surface area contributed by atoms with E-state index in [1.54, 1.807) is 7.11 Å². The molecule has 27 heavy (non-hydrogen) atoms. The zero-order valence-corrected chi connectivity index (χ0v) is 16.7. The number of carbonyl (C=O) groups excluding carboxylic acids is 2. The normalized spacial score (nSPS) is 23.1. The number of hydrogen-bond donors (Lipinski definition) is 0. The maximum absolute atomic E-state index is 13.0. The standard InChI is InChI=1S/C22H32N2O3/c1-3-5-18-6-8-19(9-7-18)21(26)24-13-4-11-22(17-24)12-10-20(25)23(16-22)14-15-27-2/h6-9H,3-5,10-17H2,1-2H3. The summed E-state index contributed by atoms with van der Waals surface area (Å²) in [6, 6.07) is 8.07. The number of ether oxygens (including phenoxy) is 1. The Balaban J connectivity index is 1.67. The van der Waals surface area contributed by atoms with E-state index in [4.69, 9.17) is 4.74 Å². The van der Waals surface area contributed by atoms with Crippen LogP contribution in [0.1, 0.15) is 54.9 Å². The molecule has 0 saturated carbocycles. The molecule has 2 heterocycles. The van der Waals surface area contributed by atoms with Crippen molar-refractivity contribution in [1.29, 1.82) is 0 Å². The van der Waals surface area contributed by atoms with E-state index in [-0.39, 0.29) is 17.2 Å². The van der Waals surface area contributed by atoms with Crippen LogP contribution >= 0.6 is 0 Å². The van der Waals surface area contributed by atoms with Crippen LogP contribution in [0, 0.1) is 5.41 Å². The Bertz CT molecular complexity index is 658. The largest absolute Gasteiger partial charge is 0.383 e. The predicted octanol–water partition coefficient (Wildman–Crippen LogP) is 3.13. The molecule has 0 bridgehead atoms. The van der Waals surface area contributed by atoms with Gasteiger partial charge in [0, 0.05) is 50.7 Å². The van der Waals surface area contributed by atoms with Crippen molar-refractivity contribution in [1.82, 2.24) is 9.80 Å². The van der Waals surface area contributed by atoms with Gasteiger partial charge in [0.05, 0.1) is 6.61 Å². The Morgan fingerprint density at radius 3 is 2.67 bits per heavy atom. The third-order valence-corrected chi connectivity index (χ3v) is 6.00. The van der Waals surface area contributed by atoms with Crippen molar-refractivity contribution in [2.45, 2.75) is 45.4 Å². The van der Waals surface area contributed by atoms with E-state index in [2.05, 4.69) is 19.1 Å². The van der Waals surface area contributed by atoms with E-state index >= 15 is 0 Å². The Hall–Kier alpha value is -1.88. The zero-order valence-electron chi connectivity index (χ0n) is 16.7. The highest BCUT2D eigenvalue weighted by Gasteiger charge is 2.42. The van der Waals surface area contributed by atoms with Crippen molar-refractivity contribution in [2.24, 2.45) is 5.41 Å². The molecular weight excluding hydrogens is 340 g/mol. The van der Waals surface area contributed by atoms with Crippen LogP contribution in [0.15, 0.2) is 24.3 Å². The minimum Gasteiger partial charge on any atom is -0.383 e. The van der Waals surface area contributed by atoms with Crippen LogP contribution in [-0.4, -0.2) is 61.5 Å². The second-order valence-electron chi connectivity index (χ2n) is 8.09. The molecule has 2 aliphatic rings. The summed E-state index contributed by atoms with van der Waals surface area (Å²) in [5.74, 6) is 0.338. The Kier molecular flexibility index (Phi) is 6.53. The molecule has 3 rings (SSSR count). The molecule has 1 aromatic rings. The molecule has 5 nitrogen and oxygen atoms in total. The molecule has 5 heteroatoms. The lowest BCUT2D eigenvalue weighted by Gasteiger charge is -2.48. The quantitative estimate of drug-likeness (QED) is 0.771. The van der Waals surface area contributed by atoms with Crippen molar-refractivity contribution in [3.05, 3.63) is 35.4 Å². The molecular formula is C22H32N2O3. The van der Waals surface area contributed by atoms with E-state index in [1.165, 1.54) is 5.56 Å². The monoisotopic (exact) mass is 372 g/mol. The Morgan fingerprint density at radius 1 is 1.19 bits per heavy atom. The first-order valence-electron chi connectivity index (χ1n) is 10.2. The highest BCUT2D eigenvalue weighted by Crippen LogP contribution is 2.39. The van der Waals surface area contributed by atoms with Gasteiger partial charge in [-0.1, -0.05) is 25.5 Å². The van der Waals surface area contributed by atoms with Gasteiger partial charge in [0.1, 0.15) is 0 Å². The average Bonchev–Trinajstić information content (AvgIpc) is 2.69. The Labute approximate surface area is 162 Å². The molecule has 2 amide bonds. The number of amides is 2. The SMILES string of the molecule is CCCc1ccc(C(=O)N2CCCC3(CCC(=O)N(CCOC)C3)C2)cc1. The summed E-state index contributed by atoms with van der Waals surface area (Å²) < 4.78 is 5.15. The van der Waals surface area contributed by atoms with Crippen LogP contribution < -0.4 is 0 Å². The number of methoxy groups -OCH3 is 1. The fourth-order valence-corrected chi connectivity index (χ4v) is 4.51. The van der Waals surface area contributed by atoms with E-state index in [9.17, 15) is 9.59 Å². The summed E-state index contributed by atoms with van der Waals surface area (Å²) in [5, 5.41) is 0. The number of hydrogen-bond acceptors (Lipinski definition) is 3. The summed E-state index contributed by atoms with van der Waals surface area (Å²) in [4.78, 5) is 29.2. The number of carbonyl (C=O) groups is 2. The molecule has 148 valence electrons. The highest BCUT2D eigenvalue weighted by molar-refractivity contribution is 5.94. The van der Waals surface area contributed by atoms with Crippen molar-refractivity contribution < 1.29 is 14.3 Å². The first kappa shape index (κ1) is 19.9. The molecule has 0 aliphatic carbocycles. The van der Waals surface area contributed by atoms with E-state index in [0.29, 0.717) is 19.6 Å². The van der Waals surface area contributed by atoms with Crippen LogP contribution in [0.4, 0.5) is 0 Å². The van der Waals surface area contributed by atoms with Crippen LogP contribution in [0.5, 0.6) is 0 Å². The van der Waals surface area contributed by atoms with Gasteiger partial charge < -0.3 is 14.5 Å². The van der Waals surface area contributed by atoms with E-state index in [1.807, 2.05) is 21.9 Å². The molecule has 0 aromatic heterocycles. The van der Waals surface area contributed by atoms with Crippen LogP contribution in [0.2, 0.25) is 0 Å². The minimum absolute atomic E-state index is 0.0394. The lowest BCUT2D eigenvalue weighted by molar-refractivity contribution is -0.139. The van der Waals surface area contributed by atoms with Crippen molar-refractivity contribution in [3.8, 4) is 0 Å². The highest BCUT2D eigenvalue weighted by atomic mass is 16.5. The van der Waals surface area contributed by atoms with E-state index in [0.717, 1.165) is 57.3 Å². The second-order valence-corrected chi connectivity index (χ2v) is 8.09. The zero-order chi connectivity index (χ0) is 19.3. The smallest absolute Gasteiger partial charge is 0.253 e. The fourth-order valence-electron chi connectivity index (χ4n) is 4.51. The van der Waals surface area contributed by atoms with Gasteiger partial charge in [-0.25, -0.2) is 0 Å². The van der Waals surface area contributed by atoms with Crippen molar-refractivity contribution in [2.75, 3.05) is 39.9 Å². The van der Waals surface area contributed by atoms with Gasteiger partial charge in [0.15, 0.2) is 0 Å². The number of likely N-dealkylation sites (tertiary alicyclic amines) is 2. The molecule has 1 atom stereocenters. The number of piperidine rings is 2. The summed E-state index contributed by atoms with van der Waals surface area (Å²) >= 11 is 0. The van der Waals surface area contributed by atoms with Crippen LogP contribution in [0.25, 0.3) is 0 Å². The number of nitrogens with zero attached hydrogens (tertiary/aromatic N) is 2. The third-order valence-electron chi connectivity index (χ3n) is 6.00. The van der Waals surface area contributed by atoms with Gasteiger partial charge in [-0.3, -0.25) is 9.59 Å². The number of benzene rings is 1. The van der Waals surface area contributed by atoms with Gasteiger partial charge >= 0.3 is 0 Å². The minimum atomic E-state index is 0.0394. The summed E-state index contributed by atoms with van der Waals surface area (Å²) in [5.41, 5.74) is 2.09. The first-order valence-corrected chi connectivity index (χ1v) is 10.2. The molecule has 2 fully saturated rings. The van der Waals surface area contributed by atoms with Gasteiger partial charge in [-0.15, -0.1) is 0 Å². The second kappa shape index (κ2) is 8.87. The summed E-state index contributed by atoms with van der Waals surface area (Å²) in [6.45, 7) is 5.67. The molecule has 0 radical (unpaired) electrons. The summed E-state index contributed by atoms with van der Waals surface area (Å²) in [7, 11) is 1.66. The first-order chi connectivity index (χ1) is 13.1. The van der Waals surface area contributed by atoms with Gasteiger partial charge in [0.25, 0.3) is 5.91 Å². The molecule has 1 spiro atoms. The van der Waals surface area contributed by atoms with Gasteiger partial charge in [-0.05, 0) is 43.4 Å². The molecule has 1 aromatic carbocycles. The maximum atomic E-state index is 13.0. The predicted molar refractivity (Wildman–Crippen MR) is 106 cm³/mol. The lowest BCUT2D eigenvalue weighted by Crippen LogP contribution is -2.55. The number of rotatable bonds is 6. The van der Waals surface area contributed by atoms with E-state index < -0.39 is 0 Å². The van der Waals surface area contributed by atoms with Gasteiger partial charge in [0.2, 0.25) is 5.91 Å². The van der Waals surface area contributed by atoms with Crippen molar-refractivity contribution >= 4 is 11.8 Å². The topological polar surface area (TPSA) is 49.9 Å². The fraction of sp³-hybridized carbons (Fsp3) is 0.636. The Morgan fingerprint density at radius 2 is 1.96 bits per heavy atom. The average molecular weight is 373 g/mol. The third kappa shape index (κ3) is 4.70. The van der Waals surface area contributed by atoms with Crippen LogP contribution in [-0.2, 0) is 16.0 Å². The maximum Gasteiger partial charge on any atom is 0.253 e. The number of aryl methyl sites for hydroxylation is 1. The van der Waals surface area contributed by atoms with Crippen LogP contribution in [0.3, 0.4) is 0 Å². The van der Waals surface area contributed by atoms with Crippen molar-refractivity contribution in [3.63, 3.8) is 0 Å². The van der Waals surface area contributed by atoms with Gasteiger partial charge in [-0.2, -0.15) is 0 Å². The lowest BCUT2D eigenvalue weighted by atomic mass is 9.73. The molecule has 2 aliphatic heterocycles. The molecule has 1 unspecified atom stereocenters.